The molecule has 2 rings (SSSR count). The highest BCUT2D eigenvalue weighted by Crippen LogP contribution is 2.18. The van der Waals surface area contributed by atoms with Crippen molar-refractivity contribution in [2.75, 3.05) is 40.0 Å². The van der Waals surface area contributed by atoms with Crippen molar-refractivity contribution >= 4 is 11.7 Å². The summed E-state index contributed by atoms with van der Waals surface area (Å²) in [6.45, 7) is 2.31. The van der Waals surface area contributed by atoms with Crippen LogP contribution in [0.4, 0.5) is 5.69 Å². The van der Waals surface area contributed by atoms with Gasteiger partial charge in [-0.3, -0.25) is 19.8 Å². The summed E-state index contributed by atoms with van der Waals surface area (Å²) in [5, 5.41) is 10.6. The van der Waals surface area contributed by atoms with Gasteiger partial charge in [0.25, 0.3) is 5.69 Å². The molecule has 8 heteroatoms. The number of methoxy groups -OCH3 is 1. The number of nitro benzene ring substituents is 1. The lowest BCUT2D eigenvalue weighted by atomic mass is 10.2. The number of non-ortho nitro benzene ring substituents is 1. The summed E-state index contributed by atoms with van der Waals surface area (Å²) >= 11 is 0. The van der Waals surface area contributed by atoms with Crippen LogP contribution in [0.1, 0.15) is 0 Å². The Balaban J connectivity index is 1.80. The Labute approximate surface area is 127 Å². The molecule has 22 heavy (non-hydrogen) atoms. The van der Waals surface area contributed by atoms with Crippen molar-refractivity contribution in [2.45, 2.75) is 6.10 Å². The predicted molar refractivity (Wildman–Crippen MR) is 76.8 cm³/mol. The van der Waals surface area contributed by atoms with Gasteiger partial charge in [0, 0.05) is 25.2 Å². The van der Waals surface area contributed by atoms with E-state index in [0.29, 0.717) is 32.1 Å². The normalized spacial score (nSPS) is 18.7. The first-order chi connectivity index (χ1) is 10.6. The molecule has 1 heterocycles. The number of esters is 1. The van der Waals surface area contributed by atoms with E-state index in [1.807, 2.05) is 4.90 Å². The molecule has 1 aliphatic heterocycles. The Morgan fingerprint density at radius 1 is 1.45 bits per heavy atom. The number of nitrogens with zero attached hydrogens (tertiary/aromatic N) is 2. The average Bonchev–Trinajstić information content (AvgIpc) is 2.53. The second kappa shape index (κ2) is 7.71. The van der Waals surface area contributed by atoms with Gasteiger partial charge in [-0.05, 0) is 12.1 Å². The molecule has 1 atom stereocenters. The van der Waals surface area contributed by atoms with Crippen molar-refractivity contribution in [1.82, 2.24) is 4.90 Å². The maximum absolute atomic E-state index is 11.3. The molecule has 120 valence electrons. The first kappa shape index (κ1) is 16.2. The molecule has 1 aromatic rings. The lowest BCUT2D eigenvalue weighted by Crippen LogP contribution is -2.46. The van der Waals surface area contributed by atoms with Gasteiger partial charge in [0.1, 0.15) is 18.5 Å². The van der Waals surface area contributed by atoms with Crippen LogP contribution in [0.2, 0.25) is 0 Å². The van der Waals surface area contributed by atoms with Crippen LogP contribution in [-0.4, -0.2) is 61.9 Å². The van der Waals surface area contributed by atoms with Crippen molar-refractivity contribution in [2.24, 2.45) is 0 Å². The second-order valence-electron chi connectivity index (χ2n) is 4.87. The number of benzene rings is 1. The fourth-order valence-corrected chi connectivity index (χ4v) is 2.13. The first-order valence-electron chi connectivity index (χ1n) is 6.86. The number of ether oxygens (including phenoxy) is 3. The third-order valence-corrected chi connectivity index (χ3v) is 3.29. The zero-order valence-electron chi connectivity index (χ0n) is 12.3. The minimum atomic E-state index is -0.460. The Morgan fingerprint density at radius 3 is 2.82 bits per heavy atom. The van der Waals surface area contributed by atoms with Gasteiger partial charge in [-0.1, -0.05) is 0 Å². The Bertz CT molecular complexity index is 519. The third-order valence-electron chi connectivity index (χ3n) is 3.29. The maximum Gasteiger partial charge on any atom is 0.319 e. The van der Waals surface area contributed by atoms with E-state index in [2.05, 4.69) is 4.74 Å². The molecule has 1 aromatic carbocycles. The number of morpholine rings is 1. The van der Waals surface area contributed by atoms with Gasteiger partial charge in [0.15, 0.2) is 0 Å². The molecule has 0 radical (unpaired) electrons. The zero-order valence-corrected chi connectivity index (χ0v) is 12.3. The molecule has 0 bridgehead atoms. The topological polar surface area (TPSA) is 91.1 Å². The van der Waals surface area contributed by atoms with Crippen molar-refractivity contribution < 1.29 is 23.9 Å². The quantitative estimate of drug-likeness (QED) is 0.437. The summed E-state index contributed by atoms with van der Waals surface area (Å²) in [7, 11) is 1.36. The zero-order chi connectivity index (χ0) is 15.9. The summed E-state index contributed by atoms with van der Waals surface area (Å²) < 4.78 is 15.8. The van der Waals surface area contributed by atoms with E-state index < -0.39 is 4.92 Å². The summed E-state index contributed by atoms with van der Waals surface area (Å²) in [4.78, 5) is 23.3. The Hall–Kier alpha value is -2.19. The molecule has 1 saturated heterocycles. The average molecular weight is 310 g/mol. The second-order valence-corrected chi connectivity index (χ2v) is 4.87. The van der Waals surface area contributed by atoms with Gasteiger partial charge in [-0.25, -0.2) is 0 Å². The highest BCUT2D eigenvalue weighted by molar-refractivity contribution is 5.71. The number of rotatable bonds is 6. The summed E-state index contributed by atoms with van der Waals surface area (Å²) in [5.41, 5.74) is 0.0190. The van der Waals surface area contributed by atoms with E-state index in [-0.39, 0.29) is 24.3 Å². The van der Waals surface area contributed by atoms with Crippen molar-refractivity contribution in [3.05, 3.63) is 34.4 Å². The lowest BCUT2D eigenvalue weighted by molar-refractivity contribution is -0.384. The van der Waals surface area contributed by atoms with Gasteiger partial charge >= 0.3 is 5.97 Å². The fourth-order valence-electron chi connectivity index (χ4n) is 2.13. The predicted octanol–water partition coefficient (Wildman–Crippen LogP) is 0.847. The SMILES string of the molecule is COC(=O)CN1CCOC(COc2ccc([N+](=O)[O-])cc2)C1. The number of carbonyl (C=O) groups is 1. The molecule has 0 amide bonds. The number of nitro groups is 1. The molecule has 1 aliphatic rings. The van der Waals surface area contributed by atoms with Crippen molar-refractivity contribution in [3.8, 4) is 5.75 Å². The Morgan fingerprint density at radius 2 is 2.18 bits per heavy atom. The third kappa shape index (κ3) is 4.68. The monoisotopic (exact) mass is 310 g/mol. The summed E-state index contributed by atoms with van der Waals surface area (Å²) in [5.74, 6) is 0.260. The number of hydrogen-bond acceptors (Lipinski definition) is 7. The van der Waals surface area contributed by atoms with Crippen LogP contribution in [0, 0.1) is 10.1 Å². The van der Waals surface area contributed by atoms with Crippen LogP contribution in [0.15, 0.2) is 24.3 Å². The lowest BCUT2D eigenvalue weighted by Gasteiger charge is -2.31. The smallest absolute Gasteiger partial charge is 0.319 e. The number of carbonyl (C=O) groups excluding carboxylic acids is 1. The summed E-state index contributed by atoms with van der Waals surface area (Å²) in [6, 6.07) is 5.88. The minimum Gasteiger partial charge on any atom is -0.491 e. The van der Waals surface area contributed by atoms with Crippen molar-refractivity contribution in [1.29, 1.82) is 0 Å². The van der Waals surface area contributed by atoms with Crippen LogP contribution in [0.3, 0.4) is 0 Å². The molecule has 8 nitrogen and oxygen atoms in total. The molecule has 0 aromatic heterocycles. The van der Waals surface area contributed by atoms with Gasteiger partial charge in [-0.15, -0.1) is 0 Å². The van der Waals surface area contributed by atoms with Gasteiger partial charge in [-0.2, -0.15) is 0 Å². The van der Waals surface area contributed by atoms with E-state index in [1.54, 1.807) is 12.1 Å². The molecular formula is C14H18N2O6. The van der Waals surface area contributed by atoms with Crippen LogP contribution in [0.25, 0.3) is 0 Å². The highest BCUT2D eigenvalue weighted by Gasteiger charge is 2.23. The van der Waals surface area contributed by atoms with E-state index in [4.69, 9.17) is 9.47 Å². The molecular weight excluding hydrogens is 292 g/mol. The highest BCUT2D eigenvalue weighted by atomic mass is 16.6. The van der Waals surface area contributed by atoms with E-state index in [9.17, 15) is 14.9 Å². The fraction of sp³-hybridized carbons (Fsp3) is 0.500. The molecule has 0 spiro atoms. The minimum absolute atomic E-state index is 0.0190. The number of hydrogen-bond donors (Lipinski definition) is 0. The van der Waals surface area contributed by atoms with Crippen LogP contribution in [-0.2, 0) is 14.3 Å². The first-order valence-corrected chi connectivity index (χ1v) is 6.86. The molecule has 0 aliphatic carbocycles. The van der Waals surface area contributed by atoms with E-state index in [0.717, 1.165) is 0 Å². The molecule has 0 saturated carbocycles. The Kier molecular flexibility index (Phi) is 5.68. The van der Waals surface area contributed by atoms with Gasteiger partial charge < -0.3 is 14.2 Å². The molecule has 1 fully saturated rings. The standard InChI is InChI=1S/C14H18N2O6/c1-20-14(17)9-15-6-7-21-13(8-15)10-22-12-4-2-11(3-5-12)16(18)19/h2-5,13H,6-10H2,1H3. The van der Waals surface area contributed by atoms with Crippen LogP contribution >= 0.6 is 0 Å². The van der Waals surface area contributed by atoms with Crippen molar-refractivity contribution in [3.63, 3.8) is 0 Å². The van der Waals surface area contributed by atoms with Crippen LogP contribution in [0.5, 0.6) is 5.75 Å². The van der Waals surface area contributed by atoms with Gasteiger partial charge in [0.05, 0.1) is 25.2 Å². The maximum atomic E-state index is 11.3. The largest absolute Gasteiger partial charge is 0.491 e. The van der Waals surface area contributed by atoms with Crippen LogP contribution < -0.4 is 4.74 Å². The molecule has 0 N–H and O–H groups in total. The van der Waals surface area contributed by atoms with Gasteiger partial charge in [0.2, 0.25) is 0 Å². The van der Waals surface area contributed by atoms with E-state index in [1.165, 1.54) is 19.2 Å². The van der Waals surface area contributed by atoms with E-state index >= 15 is 0 Å². The summed E-state index contributed by atoms with van der Waals surface area (Å²) in [6.07, 6.45) is -0.159. The molecule has 1 unspecified atom stereocenters.